The molecule has 1 amide bonds. The fourth-order valence-corrected chi connectivity index (χ4v) is 4.29. The molecule has 4 rings (SSSR count). The second-order valence-corrected chi connectivity index (χ2v) is 7.76. The first-order chi connectivity index (χ1) is 11.6. The molecule has 2 unspecified atom stereocenters. The van der Waals surface area contributed by atoms with Crippen molar-refractivity contribution in [2.45, 2.75) is 49.8 Å². The van der Waals surface area contributed by atoms with Gasteiger partial charge in [-0.15, -0.1) is 0 Å². The Bertz CT molecular complexity index is 626. The van der Waals surface area contributed by atoms with E-state index in [1.165, 1.54) is 12.8 Å². The lowest BCUT2D eigenvalue weighted by molar-refractivity contribution is -0.137. The number of hydrazine groups is 1. The molecule has 0 spiro atoms. The number of amides is 1. The van der Waals surface area contributed by atoms with Gasteiger partial charge in [-0.3, -0.25) is 10.2 Å². The summed E-state index contributed by atoms with van der Waals surface area (Å²) in [5, 5.41) is 11.6. The summed E-state index contributed by atoms with van der Waals surface area (Å²) in [6, 6.07) is 7.73. The average Bonchev–Trinajstić information content (AvgIpc) is 3.32. The standard InChI is InChI=1S/C18H24ClN3O2/c19-14-4-2-1-3-13(14)18(24)7-9-22(10-8-18)17(23)16-11-15(20-21-16)12-5-6-12/h1-4,12,15-16,20-21,24H,5-11H2. The van der Waals surface area contributed by atoms with Crippen molar-refractivity contribution >= 4 is 17.5 Å². The van der Waals surface area contributed by atoms with Crippen LogP contribution in [0.25, 0.3) is 0 Å². The molecule has 2 atom stereocenters. The highest BCUT2D eigenvalue weighted by Gasteiger charge is 2.42. The van der Waals surface area contributed by atoms with E-state index in [0.717, 1.165) is 17.9 Å². The maximum atomic E-state index is 12.7. The van der Waals surface area contributed by atoms with Gasteiger partial charge in [0.2, 0.25) is 5.91 Å². The van der Waals surface area contributed by atoms with Crippen molar-refractivity contribution in [3.05, 3.63) is 34.9 Å². The van der Waals surface area contributed by atoms with Crippen molar-refractivity contribution in [1.29, 1.82) is 0 Å². The van der Waals surface area contributed by atoms with E-state index in [1.807, 2.05) is 23.1 Å². The molecule has 2 heterocycles. The summed E-state index contributed by atoms with van der Waals surface area (Å²) in [5.74, 6) is 0.883. The van der Waals surface area contributed by atoms with Crippen LogP contribution < -0.4 is 10.9 Å². The lowest BCUT2D eigenvalue weighted by Crippen LogP contribution is -2.51. The third-order valence-corrected chi connectivity index (χ3v) is 6.03. The molecule has 3 fully saturated rings. The number of hydrogen-bond donors (Lipinski definition) is 3. The number of benzene rings is 1. The minimum absolute atomic E-state index is 0.137. The van der Waals surface area contributed by atoms with E-state index in [0.29, 0.717) is 37.0 Å². The van der Waals surface area contributed by atoms with Gasteiger partial charge in [0.1, 0.15) is 6.04 Å². The Morgan fingerprint density at radius 3 is 2.58 bits per heavy atom. The second-order valence-electron chi connectivity index (χ2n) is 7.36. The predicted octanol–water partition coefficient (Wildman–Crippen LogP) is 1.80. The first-order valence-corrected chi connectivity index (χ1v) is 9.22. The number of halogens is 1. The highest BCUT2D eigenvalue weighted by atomic mass is 35.5. The topological polar surface area (TPSA) is 64.6 Å². The van der Waals surface area contributed by atoms with E-state index >= 15 is 0 Å². The molecule has 1 aromatic rings. The molecular formula is C18H24ClN3O2. The van der Waals surface area contributed by atoms with Gasteiger partial charge in [0.15, 0.2) is 0 Å². The number of hydrogen-bond acceptors (Lipinski definition) is 4. The highest BCUT2D eigenvalue weighted by molar-refractivity contribution is 6.31. The predicted molar refractivity (Wildman–Crippen MR) is 92.4 cm³/mol. The van der Waals surface area contributed by atoms with Gasteiger partial charge < -0.3 is 10.0 Å². The van der Waals surface area contributed by atoms with Crippen LogP contribution >= 0.6 is 11.6 Å². The summed E-state index contributed by atoms with van der Waals surface area (Å²) >= 11 is 6.24. The zero-order valence-electron chi connectivity index (χ0n) is 13.7. The van der Waals surface area contributed by atoms with Gasteiger partial charge in [0.05, 0.1) is 5.60 Å². The van der Waals surface area contributed by atoms with Gasteiger partial charge in [0, 0.05) is 29.7 Å². The molecular weight excluding hydrogens is 326 g/mol. The molecule has 1 aliphatic carbocycles. The monoisotopic (exact) mass is 349 g/mol. The molecule has 2 aliphatic heterocycles. The van der Waals surface area contributed by atoms with Crippen LogP contribution in [0.5, 0.6) is 0 Å². The second kappa shape index (κ2) is 6.30. The number of likely N-dealkylation sites (tertiary alicyclic amines) is 1. The van der Waals surface area contributed by atoms with Crippen LogP contribution in [-0.4, -0.2) is 41.1 Å². The Morgan fingerprint density at radius 2 is 1.92 bits per heavy atom. The molecule has 1 saturated carbocycles. The van der Waals surface area contributed by atoms with E-state index in [-0.39, 0.29) is 11.9 Å². The normalized spacial score (nSPS) is 29.7. The highest BCUT2D eigenvalue weighted by Crippen LogP contribution is 2.38. The summed E-state index contributed by atoms with van der Waals surface area (Å²) in [6.45, 7) is 1.12. The van der Waals surface area contributed by atoms with Crippen molar-refractivity contribution in [3.8, 4) is 0 Å². The molecule has 1 aromatic carbocycles. The van der Waals surface area contributed by atoms with Crippen molar-refractivity contribution in [3.63, 3.8) is 0 Å². The molecule has 24 heavy (non-hydrogen) atoms. The zero-order chi connectivity index (χ0) is 16.7. The molecule has 6 heteroatoms. The molecule has 2 saturated heterocycles. The maximum absolute atomic E-state index is 12.7. The lowest BCUT2D eigenvalue weighted by Gasteiger charge is -2.39. The van der Waals surface area contributed by atoms with Gasteiger partial charge in [-0.1, -0.05) is 29.8 Å². The number of aliphatic hydroxyl groups is 1. The summed E-state index contributed by atoms with van der Waals surface area (Å²) in [5.41, 5.74) is 6.27. The van der Waals surface area contributed by atoms with E-state index < -0.39 is 5.60 Å². The fraction of sp³-hybridized carbons (Fsp3) is 0.611. The third-order valence-electron chi connectivity index (χ3n) is 5.70. The van der Waals surface area contributed by atoms with Crippen LogP contribution in [0.1, 0.15) is 37.7 Å². The summed E-state index contributed by atoms with van der Waals surface area (Å²) < 4.78 is 0. The fourth-order valence-electron chi connectivity index (χ4n) is 3.98. The number of nitrogens with one attached hydrogen (secondary N) is 2. The van der Waals surface area contributed by atoms with Gasteiger partial charge >= 0.3 is 0 Å². The van der Waals surface area contributed by atoms with E-state index in [1.54, 1.807) is 6.07 Å². The van der Waals surface area contributed by atoms with E-state index in [4.69, 9.17) is 11.6 Å². The Morgan fingerprint density at radius 1 is 1.21 bits per heavy atom. The molecule has 0 radical (unpaired) electrons. The number of rotatable bonds is 3. The van der Waals surface area contributed by atoms with Gasteiger partial charge in [0.25, 0.3) is 0 Å². The van der Waals surface area contributed by atoms with Crippen LogP contribution in [0.4, 0.5) is 0 Å². The number of carbonyl (C=O) groups excluding carboxylic acids is 1. The molecule has 0 aromatic heterocycles. The zero-order valence-corrected chi connectivity index (χ0v) is 14.4. The largest absolute Gasteiger partial charge is 0.385 e. The van der Waals surface area contributed by atoms with E-state index in [2.05, 4.69) is 10.9 Å². The number of carbonyl (C=O) groups is 1. The summed E-state index contributed by atoms with van der Waals surface area (Å²) in [7, 11) is 0. The summed E-state index contributed by atoms with van der Waals surface area (Å²) in [6.07, 6.45) is 4.46. The maximum Gasteiger partial charge on any atom is 0.241 e. The first kappa shape index (κ1) is 16.3. The Labute approximate surface area is 147 Å². The number of piperidine rings is 1. The first-order valence-electron chi connectivity index (χ1n) is 8.84. The molecule has 0 bridgehead atoms. The van der Waals surface area contributed by atoms with Crippen LogP contribution in [0.3, 0.4) is 0 Å². The molecule has 5 nitrogen and oxygen atoms in total. The Hall–Kier alpha value is -1.14. The van der Waals surface area contributed by atoms with Gasteiger partial charge in [-0.2, -0.15) is 0 Å². The SMILES string of the molecule is O=C(C1CC(C2CC2)NN1)N1CCC(O)(c2ccccc2Cl)CC1. The van der Waals surface area contributed by atoms with Gasteiger partial charge in [-0.25, -0.2) is 5.43 Å². The van der Waals surface area contributed by atoms with E-state index in [9.17, 15) is 9.90 Å². The molecule has 130 valence electrons. The Balaban J connectivity index is 1.37. The van der Waals surface area contributed by atoms with Crippen molar-refractivity contribution < 1.29 is 9.90 Å². The minimum atomic E-state index is -0.937. The van der Waals surface area contributed by atoms with Crippen LogP contribution in [0.15, 0.2) is 24.3 Å². The van der Waals surface area contributed by atoms with Crippen molar-refractivity contribution in [2.24, 2.45) is 5.92 Å². The quantitative estimate of drug-likeness (QED) is 0.778. The van der Waals surface area contributed by atoms with Crippen molar-refractivity contribution in [1.82, 2.24) is 15.8 Å². The van der Waals surface area contributed by atoms with Crippen LogP contribution in [-0.2, 0) is 10.4 Å². The smallest absolute Gasteiger partial charge is 0.241 e. The molecule has 3 N–H and O–H groups in total. The average molecular weight is 350 g/mol. The third kappa shape index (κ3) is 3.06. The molecule has 3 aliphatic rings. The Kier molecular flexibility index (Phi) is 4.29. The lowest BCUT2D eigenvalue weighted by atomic mass is 9.84. The van der Waals surface area contributed by atoms with Gasteiger partial charge in [-0.05, 0) is 44.1 Å². The van der Waals surface area contributed by atoms with Crippen LogP contribution in [0.2, 0.25) is 5.02 Å². The number of nitrogens with zero attached hydrogens (tertiary/aromatic N) is 1. The minimum Gasteiger partial charge on any atom is -0.385 e. The van der Waals surface area contributed by atoms with Crippen LogP contribution in [0, 0.1) is 5.92 Å². The van der Waals surface area contributed by atoms with Crippen molar-refractivity contribution in [2.75, 3.05) is 13.1 Å². The summed E-state index contributed by atoms with van der Waals surface area (Å²) in [4.78, 5) is 14.6.